The molecule has 0 aromatic carbocycles. The Labute approximate surface area is 171 Å². The van der Waals surface area contributed by atoms with Crippen LogP contribution >= 0.6 is 0 Å². The van der Waals surface area contributed by atoms with E-state index in [4.69, 9.17) is 8.92 Å². The molecule has 6 atom stereocenters. The van der Waals surface area contributed by atoms with Crippen molar-refractivity contribution < 1.29 is 36.9 Å². The van der Waals surface area contributed by atoms with E-state index in [1.165, 1.54) is 0 Å². The highest BCUT2D eigenvalue weighted by Gasteiger charge is 2.58. The smallest absolute Gasteiger partial charge is 0.397 e. The standard InChI is InChI=1S/C20H30O8S/c1-12-4-7-16-19(2,14(12)6-5-13-15(22)10-27-18(13)23)9-8-17(20(16,3)11-21)28-29(24,25)26/h5,14-17,21-22H,1,4,6-11H2,2-3H3,(H,24,25,26)/b13-5-/t14-,15?,16?,17-,19+,20+/m1/s1. The van der Waals surface area contributed by atoms with Gasteiger partial charge in [-0.1, -0.05) is 32.1 Å². The third kappa shape index (κ3) is 4.03. The van der Waals surface area contributed by atoms with Crippen LogP contribution in [0.4, 0.5) is 0 Å². The van der Waals surface area contributed by atoms with Crippen molar-refractivity contribution in [3.8, 4) is 0 Å². The number of allylic oxidation sites excluding steroid dienone is 2. The lowest BCUT2D eigenvalue weighted by Gasteiger charge is -2.60. The minimum absolute atomic E-state index is 0.00749. The maximum absolute atomic E-state index is 11.8. The number of aliphatic hydroxyl groups is 2. The van der Waals surface area contributed by atoms with Crippen LogP contribution in [0.2, 0.25) is 0 Å². The summed E-state index contributed by atoms with van der Waals surface area (Å²) in [5.41, 5.74) is 0.129. The van der Waals surface area contributed by atoms with Crippen molar-refractivity contribution in [1.29, 1.82) is 0 Å². The molecule has 0 aromatic heterocycles. The third-order valence-corrected chi connectivity index (χ3v) is 7.91. The number of fused-ring (bicyclic) bond motifs is 1. The van der Waals surface area contributed by atoms with E-state index in [0.29, 0.717) is 25.7 Å². The first-order valence-corrected chi connectivity index (χ1v) is 11.3. The molecule has 0 bridgehead atoms. The minimum Gasteiger partial charge on any atom is -0.459 e. The van der Waals surface area contributed by atoms with Gasteiger partial charge in [-0.15, -0.1) is 0 Å². The second kappa shape index (κ2) is 7.77. The first-order chi connectivity index (χ1) is 13.4. The predicted octanol–water partition coefficient (Wildman–Crippen LogP) is 1.79. The molecule has 29 heavy (non-hydrogen) atoms. The third-order valence-electron chi connectivity index (χ3n) is 7.43. The van der Waals surface area contributed by atoms with Gasteiger partial charge in [0.05, 0.1) is 18.3 Å². The Balaban J connectivity index is 1.91. The van der Waals surface area contributed by atoms with Crippen molar-refractivity contribution in [1.82, 2.24) is 0 Å². The van der Waals surface area contributed by atoms with Crippen molar-refractivity contribution in [2.75, 3.05) is 13.2 Å². The molecule has 1 aliphatic heterocycles. The highest BCUT2D eigenvalue weighted by molar-refractivity contribution is 7.80. The van der Waals surface area contributed by atoms with Crippen LogP contribution in [0.3, 0.4) is 0 Å². The molecule has 3 aliphatic rings. The monoisotopic (exact) mass is 430 g/mol. The molecule has 0 amide bonds. The number of rotatable bonds is 5. The van der Waals surface area contributed by atoms with E-state index in [1.807, 2.05) is 0 Å². The van der Waals surface area contributed by atoms with E-state index in [1.54, 1.807) is 13.0 Å². The summed E-state index contributed by atoms with van der Waals surface area (Å²) in [6.45, 7) is 7.82. The Morgan fingerprint density at radius 1 is 1.34 bits per heavy atom. The summed E-state index contributed by atoms with van der Waals surface area (Å²) in [6, 6.07) is 0. The van der Waals surface area contributed by atoms with Crippen molar-refractivity contribution in [2.45, 2.75) is 58.2 Å². The summed E-state index contributed by atoms with van der Waals surface area (Å²) < 4.78 is 41.7. The summed E-state index contributed by atoms with van der Waals surface area (Å²) in [6.07, 6.45) is 2.87. The molecular formula is C20H30O8S. The summed E-state index contributed by atoms with van der Waals surface area (Å²) in [5.74, 6) is -0.590. The number of carbonyl (C=O) groups is 1. The van der Waals surface area contributed by atoms with Gasteiger partial charge in [0, 0.05) is 5.41 Å². The highest BCUT2D eigenvalue weighted by atomic mass is 32.3. The number of carbonyl (C=O) groups excluding carboxylic acids is 1. The first kappa shape index (κ1) is 22.4. The zero-order chi connectivity index (χ0) is 21.6. The van der Waals surface area contributed by atoms with Crippen LogP contribution < -0.4 is 0 Å². The molecule has 0 spiro atoms. The van der Waals surface area contributed by atoms with Gasteiger partial charge in [-0.05, 0) is 49.4 Å². The van der Waals surface area contributed by atoms with Gasteiger partial charge in [0.2, 0.25) is 0 Å². The van der Waals surface area contributed by atoms with E-state index in [-0.39, 0.29) is 36.0 Å². The van der Waals surface area contributed by atoms with E-state index in [0.717, 1.165) is 12.0 Å². The lowest BCUT2D eigenvalue weighted by Crippen LogP contribution is -2.58. The second-order valence-electron chi connectivity index (χ2n) is 9.03. The number of ether oxygens (including phenoxy) is 1. The van der Waals surface area contributed by atoms with Gasteiger partial charge in [-0.3, -0.25) is 4.55 Å². The van der Waals surface area contributed by atoms with Crippen molar-refractivity contribution in [3.05, 3.63) is 23.8 Å². The van der Waals surface area contributed by atoms with Crippen molar-refractivity contribution >= 4 is 16.4 Å². The highest BCUT2D eigenvalue weighted by Crippen LogP contribution is 2.62. The van der Waals surface area contributed by atoms with Crippen LogP contribution in [0, 0.1) is 22.7 Å². The fraction of sp³-hybridized carbons (Fsp3) is 0.750. The average molecular weight is 431 g/mol. The Bertz CT molecular complexity index is 818. The molecule has 3 N–H and O–H groups in total. The van der Waals surface area contributed by atoms with Gasteiger partial charge in [-0.25, -0.2) is 8.98 Å². The maximum Gasteiger partial charge on any atom is 0.397 e. The molecular weight excluding hydrogens is 400 g/mol. The SMILES string of the molecule is C=C1CCC2[C@](C)(CO)[C@H](OS(=O)(=O)O)CC[C@@]2(C)[C@@H]1C/C=C1\C(=O)OCC1O. The molecule has 3 rings (SSSR count). The Morgan fingerprint density at radius 2 is 2.03 bits per heavy atom. The number of esters is 1. The van der Waals surface area contributed by atoms with Crippen LogP contribution in [-0.2, 0) is 24.1 Å². The molecule has 9 heteroatoms. The molecule has 1 saturated heterocycles. The number of hydrogen-bond donors (Lipinski definition) is 3. The molecule has 164 valence electrons. The summed E-state index contributed by atoms with van der Waals surface area (Å²) in [7, 11) is -4.64. The zero-order valence-electron chi connectivity index (χ0n) is 16.8. The van der Waals surface area contributed by atoms with Crippen LogP contribution in [0.1, 0.15) is 46.0 Å². The van der Waals surface area contributed by atoms with E-state index in [9.17, 15) is 28.0 Å². The van der Waals surface area contributed by atoms with Crippen LogP contribution in [-0.4, -0.2) is 54.6 Å². The quantitative estimate of drug-likeness (QED) is 0.260. The second-order valence-corrected chi connectivity index (χ2v) is 10.1. The van der Waals surface area contributed by atoms with E-state index < -0.39 is 34.0 Å². The topological polar surface area (TPSA) is 130 Å². The Hall–Kier alpha value is -1.26. The number of hydrogen-bond acceptors (Lipinski definition) is 7. The molecule has 1 heterocycles. The minimum atomic E-state index is -4.64. The first-order valence-electron chi connectivity index (χ1n) is 9.92. The molecule has 2 unspecified atom stereocenters. The molecule has 0 radical (unpaired) electrons. The van der Waals surface area contributed by atoms with Gasteiger partial charge >= 0.3 is 16.4 Å². The Kier molecular flexibility index (Phi) is 6.01. The van der Waals surface area contributed by atoms with Gasteiger partial charge < -0.3 is 14.9 Å². The van der Waals surface area contributed by atoms with Crippen LogP contribution in [0.25, 0.3) is 0 Å². The number of cyclic esters (lactones) is 1. The fourth-order valence-electron chi connectivity index (χ4n) is 5.85. The van der Waals surface area contributed by atoms with Gasteiger partial charge in [0.25, 0.3) is 0 Å². The molecule has 8 nitrogen and oxygen atoms in total. The van der Waals surface area contributed by atoms with Gasteiger partial charge in [-0.2, -0.15) is 8.42 Å². The van der Waals surface area contributed by atoms with Crippen LogP contribution in [0.15, 0.2) is 23.8 Å². The lowest BCUT2D eigenvalue weighted by atomic mass is 9.46. The predicted molar refractivity (Wildman–Crippen MR) is 104 cm³/mol. The van der Waals surface area contributed by atoms with E-state index >= 15 is 0 Å². The van der Waals surface area contributed by atoms with Crippen molar-refractivity contribution in [2.24, 2.45) is 22.7 Å². The summed E-state index contributed by atoms with van der Waals surface area (Å²) in [5, 5.41) is 20.2. The van der Waals surface area contributed by atoms with Gasteiger partial charge in [0.15, 0.2) is 0 Å². The normalized spacial score (nSPS) is 42.0. The molecule has 2 saturated carbocycles. The maximum atomic E-state index is 11.8. The number of aliphatic hydroxyl groups excluding tert-OH is 2. The van der Waals surface area contributed by atoms with Crippen molar-refractivity contribution in [3.63, 3.8) is 0 Å². The summed E-state index contributed by atoms with van der Waals surface area (Å²) in [4.78, 5) is 11.8. The van der Waals surface area contributed by atoms with Crippen LogP contribution in [0.5, 0.6) is 0 Å². The van der Waals surface area contributed by atoms with Gasteiger partial charge in [0.1, 0.15) is 12.7 Å². The molecule has 3 fully saturated rings. The molecule has 0 aromatic rings. The van der Waals surface area contributed by atoms with E-state index in [2.05, 4.69) is 13.5 Å². The Morgan fingerprint density at radius 3 is 2.59 bits per heavy atom. The largest absolute Gasteiger partial charge is 0.459 e. The lowest BCUT2D eigenvalue weighted by molar-refractivity contribution is -0.142. The fourth-order valence-corrected chi connectivity index (χ4v) is 6.46. The zero-order valence-corrected chi connectivity index (χ0v) is 17.7. The average Bonchev–Trinajstić information content (AvgIpc) is 2.94. The summed E-state index contributed by atoms with van der Waals surface area (Å²) >= 11 is 0. The molecule has 2 aliphatic carbocycles.